The molecule has 0 unspecified atom stereocenters. The van der Waals surface area contributed by atoms with Gasteiger partial charge in [0.2, 0.25) is 0 Å². The molecule has 10 heteroatoms. The summed E-state index contributed by atoms with van der Waals surface area (Å²) in [6, 6.07) is 11.0. The van der Waals surface area contributed by atoms with Gasteiger partial charge in [-0.3, -0.25) is 0 Å². The van der Waals surface area contributed by atoms with Gasteiger partial charge < -0.3 is 0 Å². The molecule has 0 saturated heterocycles. The normalized spacial score (nSPS) is 11.3. The van der Waals surface area contributed by atoms with Crippen LogP contribution >= 0.6 is 7.26 Å². The van der Waals surface area contributed by atoms with Gasteiger partial charge in [-0.15, -0.1) is 0 Å². The fourth-order valence-corrected chi connectivity index (χ4v) is 9.62. The van der Waals surface area contributed by atoms with Gasteiger partial charge in [0, 0.05) is 0 Å². The van der Waals surface area contributed by atoms with Crippen molar-refractivity contribution < 1.29 is 42.6 Å². The Kier molecular flexibility index (Phi) is 9.28. The first-order valence-corrected chi connectivity index (χ1v) is 14.2. The monoisotopic (exact) mass is 548 g/mol. The Labute approximate surface area is 224 Å². The first kappa shape index (κ1) is 28.9. The molecule has 0 fully saturated rings. The Morgan fingerprint density at radius 1 is 0.342 bits per heavy atom. The molecule has 0 saturated carbocycles. The van der Waals surface area contributed by atoms with Crippen molar-refractivity contribution in [2.75, 3.05) is 70.7 Å². The van der Waals surface area contributed by atoms with Crippen LogP contribution in [0.2, 0.25) is 0 Å². The number of methoxy groups -OCH3 is 9. The first-order chi connectivity index (χ1) is 18.3. The van der Waals surface area contributed by atoms with Crippen molar-refractivity contribution in [2.24, 2.45) is 0 Å². The van der Waals surface area contributed by atoms with Crippen molar-refractivity contribution >= 4 is 23.2 Å². The van der Waals surface area contributed by atoms with E-state index in [0.717, 1.165) is 15.9 Å². The summed E-state index contributed by atoms with van der Waals surface area (Å²) in [5.74, 6) is 5.14. The van der Waals surface area contributed by atoms with E-state index < -0.39 is 7.26 Å². The fourth-order valence-electron chi connectivity index (χ4n) is 4.87. The third-order valence-electron chi connectivity index (χ3n) is 6.65. The molecule has 9 nitrogen and oxygen atoms in total. The molecule has 0 aliphatic carbocycles. The minimum atomic E-state index is -3.29. The third kappa shape index (κ3) is 4.90. The zero-order valence-corrected chi connectivity index (χ0v) is 24.6. The third-order valence-corrected chi connectivity index (χ3v) is 11.1. The standard InChI is InChI=1S/C28H37O9P/c1-29-17-11-20(32-4)26(21(12-17)33-5)38(10,27-22(34-6)13-18(30-2)14-23(27)35-7)28-24(36-8)15-19(31-3)16-25(28)37-9/h11-16,38H,1-10H3. The Morgan fingerprint density at radius 2 is 0.526 bits per heavy atom. The van der Waals surface area contributed by atoms with E-state index in [2.05, 4.69) is 6.66 Å². The van der Waals surface area contributed by atoms with Crippen LogP contribution in [0.25, 0.3) is 0 Å². The van der Waals surface area contributed by atoms with Crippen molar-refractivity contribution in [2.45, 2.75) is 0 Å². The summed E-state index contributed by atoms with van der Waals surface area (Å²) in [5.41, 5.74) is 0. The summed E-state index contributed by atoms with van der Waals surface area (Å²) < 4.78 is 52.4. The van der Waals surface area contributed by atoms with Gasteiger partial charge in [-0.1, -0.05) is 0 Å². The summed E-state index contributed by atoms with van der Waals surface area (Å²) in [6.45, 7) is 2.14. The van der Waals surface area contributed by atoms with Gasteiger partial charge in [0.15, 0.2) is 0 Å². The second-order valence-corrected chi connectivity index (χ2v) is 12.1. The van der Waals surface area contributed by atoms with Crippen LogP contribution in [0.4, 0.5) is 0 Å². The quantitative estimate of drug-likeness (QED) is 0.316. The molecule has 0 aromatic heterocycles. The van der Waals surface area contributed by atoms with Crippen molar-refractivity contribution in [3.63, 3.8) is 0 Å². The van der Waals surface area contributed by atoms with Crippen molar-refractivity contribution in [1.29, 1.82) is 0 Å². The van der Waals surface area contributed by atoms with E-state index in [0.29, 0.717) is 51.7 Å². The molecule has 3 rings (SSSR count). The van der Waals surface area contributed by atoms with E-state index >= 15 is 0 Å². The average Bonchev–Trinajstić information content (AvgIpc) is 2.97. The van der Waals surface area contributed by atoms with Gasteiger partial charge in [0.1, 0.15) is 0 Å². The van der Waals surface area contributed by atoms with Gasteiger partial charge >= 0.3 is 225 Å². The van der Waals surface area contributed by atoms with E-state index in [9.17, 15) is 0 Å². The van der Waals surface area contributed by atoms with E-state index in [4.69, 9.17) is 42.6 Å². The molecular weight excluding hydrogens is 511 g/mol. The van der Waals surface area contributed by atoms with Crippen LogP contribution in [0, 0.1) is 0 Å². The van der Waals surface area contributed by atoms with Crippen molar-refractivity contribution in [3.8, 4) is 51.7 Å². The zero-order valence-electron chi connectivity index (χ0n) is 23.6. The van der Waals surface area contributed by atoms with Crippen LogP contribution < -0.4 is 58.5 Å². The van der Waals surface area contributed by atoms with Crippen LogP contribution in [0.3, 0.4) is 0 Å². The summed E-state index contributed by atoms with van der Waals surface area (Å²) in [7, 11) is 11.1. The van der Waals surface area contributed by atoms with Crippen molar-refractivity contribution in [3.05, 3.63) is 36.4 Å². The number of ether oxygens (including phenoxy) is 9. The summed E-state index contributed by atoms with van der Waals surface area (Å²) in [6.07, 6.45) is 0. The maximum atomic E-state index is 5.97. The van der Waals surface area contributed by atoms with Crippen LogP contribution in [0.1, 0.15) is 0 Å². The summed E-state index contributed by atoms with van der Waals surface area (Å²) >= 11 is 0. The molecule has 0 heterocycles. The maximum absolute atomic E-state index is 5.97. The van der Waals surface area contributed by atoms with Gasteiger partial charge in [-0.05, 0) is 0 Å². The zero-order chi connectivity index (χ0) is 28.0. The van der Waals surface area contributed by atoms with Crippen LogP contribution in [0.15, 0.2) is 36.4 Å². The van der Waals surface area contributed by atoms with Crippen LogP contribution in [0.5, 0.6) is 51.7 Å². The van der Waals surface area contributed by atoms with E-state index in [1.165, 1.54) is 0 Å². The molecule has 3 aromatic carbocycles. The summed E-state index contributed by atoms with van der Waals surface area (Å²) in [5, 5.41) is 2.39. The second-order valence-electron chi connectivity index (χ2n) is 8.35. The van der Waals surface area contributed by atoms with Crippen LogP contribution in [-0.4, -0.2) is 70.7 Å². The van der Waals surface area contributed by atoms with Gasteiger partial charge in [-0.25, -0.2) is 0 Å². The molecule has 0 spiro atoms. The topological polar surface area (TPSA) is 83.1 Å². The number of rotatable bonds is 12. The molecule has 0 bridgehead atoms. The molecule has 0 N–H and O–H groups in total. The molecule has 0 atom stereocenters. The van der Waals surface area contributed by atoms with Gasteiger partial charge in [0.05, 0.1) is 0 Å². The SMILES string of the molecule is COc1cc(OC)c([PH](C)(c2c(OC)cc(OC)cc2OC)c2c(OC)cc(OC)cc2OC)c(OC)c1. The number of benzene rings is 3. The van der Waals surface area contributed by atoms with Crippen LogP contribution in [-0.2, 0) is 0 Å². The molecule has 0 aliphatic rings. The fraction of sp³-hybridized carbons (Fsp3) is 0.357. The molecule has 208 valence electrons. The first-order valence-electron chi connectivity index (χ1n) is 11.7. The Morgan fingerprint density at radius 3 is 0.658 bits per heavy atom. The average molecular weight is 549 g/mol. The van der Waals surface area contributed by atoms with Gasteiger partial charge in [-0.2, -0.15) is 0 Å². The summed E-state index contributed by atoms with van der Waals surface area (Å²) in [4.78, 5) is 0. The van der Waals surface area contributed by atoms with E-state index in [1.54, 1.807) is 64.0 Å². The Bertz CT molecular complexity index is 1050. The molecular formula is C28H37O9P. The Balaban J connectivity index is 2.68. The van der Waals surface area contributed by atoms with E-state index in [1.807, 2.05) is 36.4 Å². The molecule has 0 amide bonds. The molecule has 0 radical (unpaired) electrons. The van der Waals surface area contributed by atoms with Crippen molar-refractivity contribution in [1.82, 2.24) is 0 Å². The molecule has 38 heavy (non-hydrogen) atoms. The minimum absolute atomic E-state index is 0.565. The second kappa shape index (κ2) is 12.2. The predicted molar refractivity (Wildman–Crippen MR) is 151 cm³/mol. The number of hydrogen-bond acceptors (Lipinski definition) is 9. The molecule has 0 aliphatic heterocycles. The van der Waals surface area contributed by atoms with Gasteiger partial charge in [0.25, 0.3) is 0 Å². The Hall–Kier alpha value is -3.71. The number of hydrogen-bond donors (Lipinski definition) is 0. The van der Waals surface area contributed by atoms with E-state index in [-0.39, 0.29) is 0 Å². The molecule has 3 aromatic rings. The predicted octanol–water partition coefficient (Wildman–Crippen LogP) is 3.42.